The minimum atomic E-state index is -2.06. The summed E-state index contributed by atoms with van der Waals surface area (Å²) >= 11 is 0. The minimum Gasteiger partial charge on any atom is -0.461 e. The maximum atomic E-state index is 13.3. The molecule has 0 saturated heterocycles. The fourth-order valence-corrected chi connectivity index (χ4v) is 1.49. The first kappa shape index (κ1) is 14.5. The molecular formula is C14H19FO3. The highest BCUT2D eigenvalue weighted by molar-refractivity contribution is 5.73. The predicted molar refractivity (Wildman–Crippen MR) is 67.2 cm³/mol. The van der Waals surface area contributed by atoms with E-state index in [4.69, 9.17) is 4.74 Å². The van der Waals surface area contributed by atoms with Gasteiger partial charge in [-0.3, -0.25) is 0 Å². The van der Waals surface area contributed by atoms with Gasteiger partial charge in [0.05, 0.1) is 6.61 Å². The zero-order chi connectivity index (χ0) is 13.4. The summed E-state index contributed by atoms with van der Waals surface area (Å²) in [5, 5.41) is 0. The average molecular weight is 254 g/mol. The molecule has 0 heterocycles. The molecule has 0 radical (unpaired) electrons. The molecule has 1 aromatic carbocycles. The maximum absolute atomic E-state index is 13.3. The summed E-state index contributed by atoms with van der Waals surface area (Å²) in [6.07, 6.45) is 1.18. The monoisotopic (exact) mass is 254 g/mol. The first-order valence-electron chi connectivity index (χ1n) is 6.23. The van der Waals surface area contributed by atoms with Gasteiger partial charge in [-0.25, -0.2) is 4.79 Å². The lowest BCUT2D eigenvalue weighted by Crippen LogP contribution is -2.24. The van der Waals surface area contributed by atoms with Crippen molar-refractivity contribution in [1.82, 2.24) is 0 Å². The first-order valence-corrected chi connectivity index (χ1v) is 6.23. The fraction of sp³-hybridized carbons (Fsp3) is 0.500. The highest BCUT2D eigenvalue weighted by Crippen LogP contribution is 2.16. The van der Waals surface area contributed by atoms with E-state index in [9.17, 15) is 9.18 Å². The van der Waals surface area contributed by atoms with Crippen LogP contribution >= 0.6 is 0 Å². The molecule has 0 N–H and O–H groups in total. The molecule has 0 amide bonds. The molecule has 1 unspecified atom stereocenters. The van der Waals surface area contributed by atoms with Crippen LogP contribution in [0, 0.1) is 0 Å². The van der Waals surface area contributed by atoms with Gasteiger partial charge in [0, 0.05) is 0 Å². The van der Waals surface area contributed by atoms with Gasteiger partial charge >= 0.3 is 12.3 Å². The predicted octanol–water partition coefficient (Wildman–Crippen LogP) is 3.27. The number of unbranched alkanes of at least 4 members (excludes halogenated alkanes) is 1. The molecule has 1 aromatic rings. The lowest BCUT2D eigenvalue weighted by atomic mass is 10.1. The Labute approximate surface area is 107 Å². The van der Waals surface area contributed by atoms with Crippen LogP contribution in [-0.2, 0) is 16.0 Å². The fourth-order valence-electron chi connectivity index (χ4n) is 1.49. The van der Waals surface area contributed by atoms with Crippen LogP contribution in [-0.4, -0.2) is 18.9 Å². The number of alkyl halides is 1. The van der Waals surface area contributed by atoms with E-state index in [1.54, 1.807) is 19.1 Å². The van der Waals surface area contributed by atoms with Crippen molar-refractivity contribution in [3.05, 3.63) is 29.8 Å². The number of benzene rings is 1. The molecule has 4 heteroatoms. The van der Waals surface area contributed by atoms with Crippen LogP contribution in [0.25, 0.3) is 0 Å². The number of esters is 1. The maximum Gasteiger partial charge on any atom is 0.381 e. The third kappa shape index (κ3) is 4.73. The Balaban J connectivity index is 2.50. The summed E-state index contributed by atoms with van der Waals surface area (Å²) in [5.74, 6) is -0.664. The van der Waals surface area contributed by atoms with E-state index in [0.29, 0.717) is 5.75 Å². The van der Waals surface area contributed by atoms with Crippen molar-refractivity contribution in [2.24, 2.45) is 0 Å². The zero-order valence-corrected chi connectivity index (χ0v) is 10.8. The number of carbonyl (C=O) groups is 1. The molecule has 100 valence electrons. The summed E-state index contributed by atoms with van der Waals surface area (Å²) in [7, 11) is 0. The van der Waals surface area contributed by atoms with Crippen LogP contribution in [0.1, 0.15) is 32.3 Å². The van der Waals surface area contributed by atoms with Gasteiger partial charge in [-0.05, 0) is 37.5 Å². The minimum absolute atomic E-state index is 0.137. The molecule has 0 aromatic heterocycles. The van der Waals surface area contributed by atoms with Crippen molar-refractivity contribution in [2.75, 3.05) is 6.61 Å². The van der Waals surface area contributed by atoms with E-state index in [0.717, 1.165) is 19.3 Å². The van der Waals surface area contributed by atoms with Crippen molar-refractivity contribution in [3.63, 3.8) is 0 Å². The third-order valence-electron chi connectivity index (χ3n) is 2.45. The number of hydrogen-bond acceptors (Lipinski definition) is 3. The van der Waals surface area contributed by atoms with Gasteiger partial charge in [0.1, 0.15) is 5.75 Å². The summed E-state index contributed by atoms with van der Waals surface area (Å²) in [6.45, 7) is 3.89. The van der Waals surface area contributed by atoms with E-state index >= 15 is 0 Å². The van der Waals surface area contributed by atoms with Crippen LogP contribution in [0.3, 0.4) is 0 Å². The zero-order valence-electron chi connectivity index (χ0n) is 10.8. The Bertz CT molecular complexity index is 362. The number of ether oxygens (including phenoxy) is 2. The Morgan fingerprint density at radius 3 is 2.50 bits per heavy atom. The second-order valence-electron chi connectivity index (χ2n) is 3.93. The number of halogens is 1. The molecule has 0 fully saturated rings. The van der Waals surface area contributed by atoms with Crippen LogP contribution in [0.5, 0.6) is 5.75 Å². The van der Waals surface area contributed by atoms with Crippen LogP contribution in [0.15, 0.2) is 24.3 Å². The molecular weight excluding hydrogens is 235 g/mol. The van der Waals surface area contributed by atoms with Gasteiger partial charge < -0.3 is 9.47 Å². The summed E-state index contributed by atoms with van der Waals surface area (Å²) < 4.78 is 22.6. The smallest absolute Gasteiger partial charge is 0.381 e. The van der Waals surface area contributed by atoms with E-state index in [2.05, 4.69) is 11.7 Å². The number of rotatable bonds is 7. The number of hydrogen-bond donors (Lipinski definition) is 0. The molecule has 0 bridgehead atoms. The largest absolute Gasteiger partial charge is 0.461 e. The van der Waals surface area contributed by atoms with Gasteiger partial charge in [-0.2, -0.15) is 4.39 Å². The summed E-state index contributed by atoms with van der Waals surface area (Å²) in [6, 6.07) is 7.08. The van der Waals surface area contributed by atoms with Crippen LogP contribution < -0.4 is 4.74 Å². The molecule has 0 aliphatic rings. The highest BCUT2D eigenvalue weighted by Gasteiger charge is 2.20. The molecule has 1 rings (SSSR count). The second kappa shape index (κ2) is 7.69. The Morgan fingerprint density at radius 1 is 1.28 bits per heavy atom. The van der Waals surface area contributed by atoms with Gasteiger partial charge in [-0.15, -0.1) is 0 Å². The number of carbonyl (C=O) groups excluding carboxylic acids is 1. The van der Waals surface area contributed by atoms with Crippen molar-refractivity contribution in [2.45, 2.75) is 39.5 Å². The highest BCUT2D eigenvalue weighted by atomic mass is 19.1. The van der Waals surface area contributed by atoms with Crippen LogP contribution in [0.4, 0.5) is 4.39 Å². The Hall–Kier alpha value is -1.58. The topological polar surface area (TPSA) is 35.5 Å². The molecule has 18 heavy (non-hydrogen) atoms. The normalized spacial score (nSPS) is 11.9. The summed E-state index contributed by atoms with van der Waals surface area (Å²) in [5.41, 5.74) is 1.18. The van der Waals surface area contributed by atoms with E-state index < -0.39 is 12.3 Å². The van der Waals surface area contributed by atoms with E-state index in [1.807, 2.05) is 12.1 Å². The molecule has 3 nitrogen and oxygen atoms in total. The summed E-state index contributed by atoms with van der Waals surface area (Å²) in [4.78, 5) is 11.0. The van der Waals surface area contributed by atoms with Crippen molar-refractivity contribution >= 4 is 5.97 Å². The van der Waals surface area contributed by atoms with Gasteiger partial charge in [0.15, 0.2) is 0 Å². The standard InChI is InChI=1S/C14H19FO3/c1-3-5-6-11-7-9-12(10-8-11)18-13(15)14(16)17-4-2/h7-10,13H,3-6H2,1-2H3. The van der Waals surface area contributed by atoms with Crippen molar-refractivity contribution in [1.29, 1.82) is 0 Å². The quantitative estimate of drug-likeness (QED) is 0.700. The van der Waals surface area contributed by atoms with Gasteiger partial charge in [0.25, 0.3) is 0 Å². The first-order chi connectivity index (χ1) is 8.67. The molecule has 1 atom stereocenters. The second-order valence-corrected chi connectivity index (χ2v) is 3.93. The van der Waals surface area contributed by atoms with Crippen LogP contribution in [0.2, 0.25) is 0 Å². The van der Waals surface area contributed by atoms with Gasteiger partial charge in [0.2, 0.25) is 0 Å². The van der Waals surface area contributed by atoms with E-state index in [-0.39, 0.29) is 6.61 Å². The molecule has 0 spiro atoms. The molecule has 0 aliphatic carbocycles. The molecule has 0 aliphatic heterocycles. The average Bonchev–Trinajstić information content (AvgIpc) is 2.38. The Morgan fingerprint density at radius 2 is 1.94 bits per heavy atom. The third-order valence-corrected chi connectivity index (χ3v) is 2.45. The van der Waals surface area contributed by atoms with Gasteiger partial charge in [-0.1, -0.05) is 25.5 Å². The lowest BCUT2D eigenvalue weighted by Gasteiger charge is -2.10. The Kier molecular flexibility index (Phi) is 6.19. The number of aryl methyl sites for hydroxylation is 1. The van der Waals surface area contributed by atoms with Crippen molar-refractivity contribution in [3.8, 4) is 5.75 Å². The lowest BCUT2D eigenvalue weighted by molar-refractivity contribution is -0.159. The molecule has 0 saturated carbocycles. The SMILES string of the molecule is CCCCc1ccc(OC(F)C(=O)OCC)cc1. The van der Waals surface area contributed by atoms with E-state index in [1.165, 1.54) is 5.56 Å². The van der Waals surface area contributed by atoms with Crippen molar-refractivity contribution < 1.29 is 18.7 Å².